The molecule has 1 atom stereocenters. The monoisotopic (exact) mass is 402 g/mol. The van der Waals surface area contributed by atoms with Gasteiger partial charge in [-0.05, 0) is 68.9 Å². The zero-order valence-electron chi connectivity index (χ0n) is 18.6. The summed E-state index contributed by atoms with van der Waals surface area (Å²) in [6.07, 6.45) is 5.02. The minimum Gasteiger partial charge on any atom is -0.497 e. The van der Waals surface area contributed by atoms with E-state index in [1.54, 1.807) is 14.2 Å². The second-order valence-corrected chi connectivity index (χ2v) is 8.22. The van der Waals surface area contributed by atoms with E-state index in [4.69, 9.17) is 9.47 Å². The summed E-state index contributed by atoms with van der Waals surface area (Å²) in [6.45, 7) is 8.98. The number of methoxy groups -OCH3 is 2. The maximum absolute atomic E-state index is 5.44. The number of likely N-dealkylation sites (tertiary alicyclic amines) is 2. The molecule has 1 aromatic carbocycles. The molecule has 2 saturated heterocycles. The lowest BCUT2D eigenvalue weighted by molar-refractivity contribution is 0.187. The van der Waals surface area contributed by atoms with Gasteiger partial charge in [0.25, 0.3) is 0 Å². The van der Waals surface area contributed by atoms with Crippen molar-refractivity contribution in [2.45, 2.75) is 38.5 Å². The van der Waals surface area contributed by atoms with Crippen LogP contribution in [0.15, 0.2) is 23.2 Å². The topological polar surface area (TPSA) is 49.3 Å². The van der Waals surface area contributed by atoms with Crippen LogP contribution in [-0.2, 0) is 0 Å². The standard InChI is InChI=1S/C23H38N4O2/c1-5-26-11-7-18(8-12-26)6-10-25-23(24-2)27-13-9-19(17-27)20-14-21(28-3)16-22(15-20)29-4/h14-16,18-19H,5-13,17H2,1-4H3,(H,24,25). The average Bonchev–Trinajstić information content (AvgIpc) is 3.26. The Hall–Kier alpha value is -1.95. The van der Waals surface area contributed by atoms with E-state index in [2.05, 4.69) is 39.2 Å². The van der Waals surface area contributed by atoms with E-state index in [0.717, 1.165) is 49.4 Å². The summed E-state index contributed by atoms with van der Waals surface area (Å²) < 4.78 is 10.9. The van der Waals surface area contributed by atoms with Gasteiger partial charge in [-0.15, -0.1) is 0 Å². The van der Waals surface area contributed by atoms with Gasteiger partial charge in [0.1, 0.15) is 11.5 Å². The Morgan fingerprint density at radius 2 is 1.76 bits per heavy atom. The number of benzene rings is 1. The van der Waals surface area contributed by atoms with Gasteiger partial charge in [-0.1, -0.05) is 6.92 Å². The van der Waals surface area contributed by atoms with Gasteiger partial charge in [-0.2, -0.15) is 0 Å². The highest BCUT2D eigenvalue weighted by Gasteiger charge is 2.27. The van der Waals surface area contributed by atoms with Crippen LogP contribution in [0, 0.1) is 5.92 Å². The van der Waals surface area contributed by atoms with Crippen molar-refractivity contribution in [1.29, 1.82) is 0 Å². The van der Waals surface area contributed by atoms with E-state index in [0.29, 0.717) is 5.92 Å². The van der Waals surface area contributed by atoms with Crippen LogP contribution in [0.1, 0.15) is 44.1 Å². The molecular formula is C23H38N4O2. The van der Waals surface area contributed by atoms with Crippen LogP contribution in [0.5, 0.6) is 11.5 Å². The zero-order valence-corrected chi connectivity index (χ0v) is 18.6. The highest BCUT2D eigenvalue weighted by atomic mass is 16.5. The Kier molecular flexibility index (Phi) is 8.04. The van der Waals surface area contributed by atoms with E-state index < -0.39 is 0 Å². The van der Waals surface area contributed by atoms with Crippen molar-refractivity contribution in [1.82, 2.24) is 15.1 Å². The second kappa shape index (κ2) is 10.7. The van der Waals surface area contributed by atoms with Gasteiger partial charge in [0, 0.05) is 38.7 Å². The Bertz CT molecular complexity index is 649. The fraction of sp³-hybridized carbons (Fsp3) is 0.696. The first-order valence-electron chi connectivity index (χ1n) is 11.1. The summed E-state index contributed by atoms with van der Waals surface area (Å²) in [5.74, 6) is 4.06. The van der Waals surface area contributed by atoms with Gasteiger partial charge >= 0.3 is 0 Å². The fourth-order valence-electron chi connectivity index (χ4n) is 4.60. The summed E-state index contributed by atoms with van der Waals surface area (Å²) >= 11 is 0. The van der Waals surface area contributed by atoms with E-state index >= 15 is 0 Å². The van der Waals surface area contributed by atoms with Crippen molar-refractivity contribution in [3.8, 4) is 11.5 Å². The second-order valence-electron chi connectivity index (χ2n) is 8.22. The number of ether oxygens (including phenoxy) is 2. The van der Waals surface area contributed by atoms with Gasteiger partial charge in [0.2, 0.25) is 0 Å². The number of nitrogens with one attached hydrogen (secondary N) is 1. The summed E-state index contributed by atoms with van der Waals surface area (Å²) in [6, 6.07) is 6.20. The Morgan fingerprint density at radius 3 is 2.34 bits per heavy atom. The van der Waals surface area contributed by atoms with Crippen molar-refractivity contribution in [3.63, 3.8) is 0 Å². The molecule has 0 bridgehead atoms. The van der Waals surface area contributed by atoms with Crippen molar-refractivity contribution in [3.05, 3.63) is 23.8 Å². The molecule has 1 aromatic rings. The summed E-state index contributed by atoms with van der Waals surface area (Å²) in [7, 11) is 5.30. The quantitative estimate of drug-likeness (QED) is 0.561. The lowest BCUT2D eigenvalue weighted by Crippen LogP contribution is -2.41. The van der Waals surface area contributed by atoms with Crippen LogP contribution in [0.25, 0.3) is 0 Å². The van der Waals surface area contributed by atoms with Crippen LogP contribution in [-0.4, -0.2) is 76.3 Å². The van der Waals surface area contributed by atoms with E-state index in [1.165, 1.54) is 44.5 Å². The summed E-state index contributed by atoms with van der Waals surface area (Å²) in [5, 5.41) is 3.61. The molecule has 2 aliphatic rings. The molecule has 162 valence electrons. The van der Waals surface area contributed by atoms with Gasteiger partial charge in [0.05, 0.1) is 14.2 Å². The van der Waals surface area contributed by atoms with Crippen LogP contribution >= 0.6 is 0 Å². The molecule has 3 rings (SSSR count). The molecule has 0 spiro atoms. The van der Waals surface area contributed by atoms with Crippen molar-refractivity contribution < 1.29 is 9.47 Å². The molecule has 6 nitrogen and oxygen atoms in total. The molecule has 0 aromatic heterocycles. The maximum Gasteiger partial charge on any atom is 0.193 e. The molecule has 6 heteroatoms. The molecule has 0 aliphatic carbocycles. The summed E-state index contributed by atoms with van der Waals surface area (Å²) in [5.41, 5.74) is 1.28. The van der Waals surface area contributed by atoms with Crippen molar-refractivity contribution >= 4 is 5.96 Å². The third kappa shape index (κ3) is 5.78. The van der Waals surface area contributed by atoms with Gasteiger partial charge in [-0.3, -0.25) is 4.99 Å². The number of nitrogens with zero attached hydrogens (tertiary/aromatic N) is 3. The molecule has 29 heavy (non-hydrogen) atoms. The molecule has 0 saturated carbocycles. The molecule has 1 N–H and O–H groups in total. The smallest absolute Gasteiger partial charge is 0.193 e. The van der Waals surface area contributed by atoms with Crippen LogP contribution in [0.4, 0.5) is 0 Å². The minimum absolute atomic E-state index is 0.468. The Labute approximate surface area is 176 Å². The SMILES string of the molecule is CCN1CCC(CCNC(=NC)N2CCC(c3cc(OC)cc(OC)c3)C2)CC1. The molecule has 2 fully saturated rings. The average molecular weight is 403 g/mol. The normalized spacial score (nSPS) is 21.4. The minimum atomic E-state index is 0.468. The first kappa shape index (κ1) is 21.8. The zero-order chi connectivity index (χ0) is 20.6. The first-order chi connectivity index (χ1) is 14.2. The number of aliphatic imine (C=N–C) groups is 1. The van der Waals surface area contributed by atoms with Crippen molar-refractivity contribution in [2.24, 2.45) is 10.9 Å². The highest BCUT2D eigenvalue weighted by Crippen LogP contribution is 2.33. The summed E-state index contributed by atoms with van der Waals surface area (Å²) in [4.78, 5) is 9.49. The van der Waals surface area contributed by atoms with Gasteiger partial charge in [0.15, 0.2) is 5.96 Å². The third-order valence-corrected chi connectivity index (χ3v) is 6.53. The van der Waals surface area contributed by atoms with Gasteiger partial charge in [-0.25, -0.2) is 0 Å². The first-order valence-corrected chi connectivity index (χ1v) is 11.1. The maximum atomic E-state index is 5.44. The number of guanidine groups is 1. The Balaban J connectivity index is 1.49. The predicted molar refractivity (Wildman–Crippen MR) is 119 cm³/mol. The van der Waals surface area contributed by atoms with E-state index in [-0.39, 0.29) is 0 Å². The number of hydrogen-bond donors (Lipinski definition) is 1. The molecule has 2 heterocycles. The van der Waals surface area contributed by atoms with Gasteiger partial charge < -0.3 is 24.6 Å². The molecule has 0 radical (unpaired) electrons. The third-order valence-electron chi connectivity index (χ3n) is 6.53. The molecule has 0 amide bonds. The predicted octanol–water partition coefficient (Wildman–Crippen LogP) is 3.19. The van der Waals surface area contributed by atoms with Crippen molar-refractivity contribution in [2.75, 3.05) is 60.5 Å². The lowest BCUT2D eigenvalue weighted by atomic mass is 9.93. The highest BCUT2D eigenvalue weighted by molar-refractivity contribution is 5.80. The number of rotatable bonds is 7. The van der Waals surface area contributed by atoms with Crippen LogP contribution in [0.3, 0.4) is 0 Å². The lowest BCUT2D eigenvalue weighted by Gasteiger charge is -2.31. The molecule has 1 unspecified atom stereocenters. The molecular weight excluding hydrogens is 364 g/mol. The van der Waals surface area contributed by atoms with Crippen LogP contribution < -0.4 is 14.8 Å². The van der Waals surface area contributed by atoms with Crippen LogP contribution in [0.2, 0.25) is 0 Å². The largest absolute Gasteiger partial charge is 0.497 e. The van der Waals surface area contributed by atoms with E-state index in [9.17, 15) is 0 Å². The fourth-order valence-corrected chi connectivity index (χ4v) is 4.60. The van der Waals surface area contributed by atoms with E-state index in [1.807, 2.05) is 13.1 Å². The number of piperidine rings is 1. The number of hydrogen-bond acceptors (Lipinski definition) is 4. The molecule has 2 aliphatic heterocycles. The Morgan fingerprint density at radius 1 is 1.07 bits per heavy atom.